The molecule has 8 nitrogen and oxygen atoms in total. The van der Waals surface area contributed by atoms with Crippen molar-refractivity contribution in [3.63, 3.8) is 0 Å². The van der Waals surface area contributed by atoms with Gasteiger partial charge in [0.15, 0.2) is 0 Å². The van der Waals surface area contributed by atoms with Gasteiger partial charge >= 0.3 is 0 Å². The lowest BCUT2D eigenvalue weighted by Gasteiger charge is -2.17. The molecule has 9 heteroatoms. The predicted molar refractivity (Wildman–Crippen MR) is 124 cm³/mol. The van der Waals surface area contributed by atoms with E-state index in [0.717, 1.165) is 5.56 Å². The van der Waals surface area contributed by atoms with Crippen LogP contribution in [0.5, 0.6) is 0 Å². The first-order chi connectivity index (χ1) is 16.0. The highest BCUT2D eigenvalue weighted by molar-refractivity contribution is 6.12. The number of carbonyl (C=O) groups is 1. The molecular formula is C24H20FN7O. The van der Waals surface area contributed by atoms with Gasteiger partial charge in [-0.2, -0.15) is 5.26 Å². The van der Waals surface area contributed by atoms with Gasteiger partial charge in [-0.25, -0.2) is 14.4 Å². The number of nitrogen functional groups attached to an aromatic ring is 1. The Hall–Kier alpha value is -4.58. The number of pyridine rings is 1. The van der Waals surface area contributed by atoms with Crippen LogP contribution in [-0.4, -0.2) is 34.5 Å². The minimum Gasteiger partial charge on any atom is -0.382 e. The maximum absolute atomic E-state index is 14.1. The Bertz CT molecular complexity index is 1380. The maximum Gasteiger partial charge on any atom is 0.252 e. The summed E-state index contributed by atoms with van der Waals surface area (Å²) in [6, 6.07) is 15.6. The van der Waals surface area contributed by atoms with E-state index < -0.39 is 5.82 Å². The van der Waals surface area contributed by atoms with Crippen LogP contribution in [0.15, 0.2) is 54.9 Å². The molecule has 0 bridgehead atoms. The summed E-state index contributed by atoms with van der Waals surface area (Å²) >= 11 is 0. The van der Waals surface area contributed by atoms with Crippen molar-refractivity contribution in [2.75, 3.05) is 24.6 Å². The fraction of sp³-hybridized carbons (Fsp3) is 0.125. The largest absolute Gasteiger partial charge is 0.382 e. The molecule has 0 fully saturated rings. The number of carbonyl (C=O) groups excluding carboxylic acids is 1. The number of rotatable bonds is 6. The quantitative estimate of drug-likeness (QED) is 0.419. The molecule has 33 heavy (non-hydrogen) atoms. The van der Waals surface area contributed by atoms with Crippen LogP contribution in [0.1, 0.15) is 21.6 Å². The molecule has 1 amide bonds. The summed E-state index contributed by atoms with van der Waals surface area (Å²) in [6.45, 7) is 0.359. The smallest absolute Gasteiger partial charge is 0.252 e. The molecule has 164 valence electrons. The van der Waals surface area contributed by atoms with Crippen molar-refractivity contribution in [1.29, 1.82) is 5.26 Å². The van der Waals surface area contributed by atoms with Crippen molar-refractivity contribution in [3.05, 3.63) is 77.5 Å². The van der Waals surface area contributed by atoms with E-state index in [-0.39, 0.29) is 17.3 Å². The van der Waals surface area contributed by atoms with Crippen LogP contribution in [0.25, 0.3) is 22.0 Å². The number of benzene rings is 2. The number of halogens is 1. The average molecular weight is 441 g/mol. The summed E-state index contributed by atoms with van der Waals surface area (Å²) in [7, 11) is 1.53. The second-order valence-electron chi connectivity index (χ2n) is 7.19. The van der Waals surface area contributed by atoms with Crippen molar-refractivity contribution in [2.24, 2.45) is 0 Å². The number of nitrogens with zero attached hydrogens (tertiary/aromatic N) is 4. The van der Waals surface area contributed by atoms with E-state index >= 15 is 0 Å². The molecule has 4 N–H and O–H groups in total. The van der Waals surface area contributed by atoms with E-state index in [1.165, 1.54) is 25.5 Å². The molecule has 0 unspecified atom stereocenters. The van der Waals surface area contributed by atoms with Crippen LogP contribution in [0.2, 0.25) is 0 Å². The number of aromatic nitrogens is 3. The van der Waals surface area contributed by atoms with E-state index in [1.807, 2.05) is 36.4 Å². The summed E-state index contributed by atoms with van der Waals surface area (Å²) in [5, 5.41) is 15.5. The second-order valence-corrected chi connectivity index (χ2v) is 7.19. The highest BCUT2D eigenvalue weighted by Gasteiger charge is 2.22. The fourth-order valence-corrected chi connectivity index (χ4v) is 3.69. The topological polar surface area (TPSA) is 130 Å². The van der Waals surface area contributed by atoms with Gasteiger partial charge in [-0.05, 0) is 23.8 Å². The Balaban J connectivity index is 1.82. The van der Waals surface area contributed by atoms with Gasteiger partial charge in [-0.3, -0.25) is 9.78 Å². The summed E-state index contributed by atoms with van der Waals surface area (Å²) in [6.07, 6.45) is 1.68. The zero-order chi connectivity index (χ0) is 23.4. The highest BCUT2D eigenvalue weighted by atomic mass is 19.1. The summed E-state index contributed by atoms with van der Waals surface area (Å²) in [5.74, 6) is -0.377. The molecule has 2 aromatic heterocycles. The Morgan fingerprint density at radius 2 is 1.97 bits per heavy atom. The normalized spacial score (nSPS) is 10.6. The second kappa shape index (κ2) is 9.28. The van der Waals surface area contributed by atoms with Crippen LogP contribution < -0.4 is 16.4 Å². The number of nitriles is 1. The first kappa shape index (κ1) is 21.6. The van der Waals surface area contributed by atoms with Gasteiger partial charge in [0.2, 0.25) is 0 Å². The van der Waals surface area contributed by atoms with Gasteiger partial charge in [-0.15, -0.1) is 0 Å². The molecule has 2 aromatic carbocycles. The summed E-state index contributed by atoms with van der Waals surface area (Å²) in [5.41, 5.74) is 8.83. The zero-order valence-electron chi connectivity index (χ0n) is 17.8. The fourth-order valence-electron chi connectivity index (χ4n) is 3.69. The Morgan fingerprint density at radius 3 is 2.70 bits per heavy atom. The number of nitrogens with two attached hydrogens (primary N) is 1. The minimum absolute atomic E-state index is 0.0905. The van der Waals surface area contributed by atoms with Crippen LogP contribution in [-0.2, 0) is 6.42 Å². The Morgan fingerprint density at radius 1 is 1.18 bits per heavy atom. The minimum atomic E-state index is -0.451. The third-order valence-electron chi connectivity index (χ3n) is 5.18. The van der Waals surface area contributed by atoms with E-state index in [0.29, 0.717) is 46.5 Å². The summed E-state index contributed by atoms with van der Waals surface area (Å²) < 4.78 is 14.1. The number of fused-ring (bicyclic) bond motifs is 1. The van der Waals surface area contributed by atoms with E-state index in [9.17, 15) is 14.4 Å². The van der Waals surface area contributed by atoms with Crippen molar-refractivity contribution in [1.82, 2.24) is 20.3 Å². The lowest BCUT2D eigenvalue weighted by Crippen LogP contribution is -2.21. The van der Waals surface area contributed by atoms with Gasteiger partial charge in [-0.1, -0.05) is 30.3 Å². The van der Waals surface area contributed by atoms with E-state index in [1.54, 1.807) is 6.07 Å². The number of nitrogens with one attached hydrogen (secondary N) is 2. The molecule has 0 radical (unpaired) electrons. The van der Waals surface area contributed by atoms with E-state index in [4.69, 9.17) is 10.7 Å². The molecule has 0 aliphatic heterocycles. The molecule has 0 aliphatic rings. The highest BCUT2D eigenvalue weighted by Crippen LogP contribution is 2.33. The monoisotopic (exact) mass is 441 g/mol. The third kappa shape index (κ3) is 4.27. The Labute approximate surface area is 189 Å². The lowest BCUT2D eigenvalue weighted by molar-refractivity contribution is 0.0965. The van der Waals surface area contributed by atoms with Crippen LogP contribution in [0.4, 0.5) is 16.0 Å². The zero-order valence-corrected chi connectivity index (χ0v) is 17.8. The van der Waals surface area contributed by atoms with Gasteiger partial charge in [0.1, 0.15) is 35.4 Å². The molecule has 4 rings (SSSR count). The van der Waals surface area contributed by atoms with Gasteiger partial charge in [0.05, 0.1) is 16.8 Å². The van der Waals surface area contributed by atoms with Crippen LogP contribution >= 0.6 is 0 Å². The van der Waals surface area contributed by atoms with Gasteiger partial charge < -0.3 is 16.4 Å². The molecule has 0 saturated heterocycles. The first-order valence-electron chi connectivity index (χ1n) is 10.2. The summed E-state index contributed by atoms with van der Waals surface area (Å²) in [4.78, 5) is 25.6. The molecule has 0 aliphatic carbocycles. The molecule has 4 aromatic rings. The maximum atomic E-state index is 14.1. The molecular weight excluding hydrogens is 421 g/mol. The molecule has 0 saturated carbocycles. The van der Waals surface area contributed by atoms with Crippen LogP contribution in [0.3, 0.4) is 0 Å². The van der Waals surface area contributed by atoms with Gasteiger partial charge in [0.25, 0.3) is 5.91 Å². The number of hydrogen-bond acceptors (Lipinski definition) is 7. The third-order valence-corrected chi connectivity index (χ3v) is 5.18. The molecule has 2 heterocycles. The lowest BCUT2D eigenvalue weighted by atomic mass is 9.92. The van der Waals surface area contributed by atoms with E-state index in [2.05, 4.69) is 20.6 Å². The standard InChI is InChI=1S/C24H20FN7O/c1-28-24(33)21-16-11-15(25)7-8-18(16)32-19(20(21)14-5-3-2-4-6-14)9-10-29-23-17(12-26)22(27)30-13-31-23/h2-8,11,13H,9-10H2,1H3,(H,28,33)(H3,27,29,30,31). The van der Waals surface area contributed by atoms with Crippen molar-refractivity contribution < 1.29 is 9.18 Å². The predicted octanol–water partition coefficient (Wildman–Crippen LogP) is 3.30. The number of anilines is 2. The first-order valence-corrected chi connectivity index (χ1v) is 10.2. The SMILES string of the molecule is CNC(=O)c1c(-c2ccccc2)c(CCNc2ncnc(N)c2C#N)nc2ccc(F)cc12. The van der Waals surface area contributed by atoms with Crippen molar-refractivity contribution in [3.8, 4) is 17.2 Å². The number of hydrogen-bond donors (Lipinski definition) is 3. The van der Waals surface area contributed by atoms with Crippen molar-refractivity contribution >= 4 is 28.4 Å². The molecule has 0 atom stereocenters. The van der Waals surface area contributed by atoms with Crippen molar-refractivity contribution in [2.45, 2.75) is 6.42 Å². The average Bonchev–Trinajstić information content (AvgIpc) is 2.83. The van der Waals surface area contributed by atoms with Crippen LogP contribution in [0, 0.1) is 17.1 Å². The Kier molecular flexibility index (Phi) is 6.09. The van der Waals surface area contributed by atoms with Gasteiger partial charge in [0, 0.05) is 31.0 Å². The molecule has 0 spiro atoms. The number of amides is 1.